The van der Waals surface area contributed by atoms with Crippen molar-refractivity contribution in [2.45, 2.75) is 17.9 Å². The molecule has 0 saturated heterocycles. The minimum Gasteiger partial charge on any atom is -0.331 e. The number of hydrogen-bond acceptors (Lipinski definition) is 4. The second-order valence-electron chi connectivity index (χ2n) is 7.44. The Bertz CT molecular complexity index is 1200. The molecule has 0 aromatic heterocycles. The van der Waals surface area contributed by atoms with Gasteiger partial charge in [0.2, 0.25) is 5.91 Å². The van der Waals surface area contributed by atoms with Gasteiger partial charge < -0.3 is 15.5 Å². The highest BCUT2D eigenvalue weighted by molar-refractivity contribution is 7.90. The van der Waals surface area contributed by atoms with Gasteiger partial charge in [-0.05, 0) is 36.1 Å². The molecule has 8 heteroatoms. The molecule has 0 unspecified atom stereocenters. The number of anilines is 1. The van der Waals surface area contributed by atoms with Crippen LogP contribution in [-0.2, 0) is 14.6 Å². The highest BCUT2D eigenvalue weighted by atomic mass is 32.2. The Morgan fingerprint density at radius 3 is 2.29 bits per heavy atom. The highest BCUT2D eigenvalue weighted by Crippen LogP contribution is 2.23. The maximum atomic E-state index is 12.5. The van der Waals surface area contributed by atoms with Crippen molar-refractivity contribution in [2.75, 3.05) is 25.2 Å². The topological polar surface area (TPSA) is 95.6 Å². The van der Waals surface area contributed by atoms with E-state index in [1.807, 2.05) is 42.5 Å². The molecular weight excluding hydrogens is 414 g/mol. The van der Waals surface area contributed by atoms with E-state index in [-0.39, 0.29) is 23.4 Å². The summed E-state index contributed by atoms with van der Waals surface area (Å²) in [5.74, 6) is -0.306. The van der Waals surface area contributed by atoms with Gasteiger partial charge in [-0.1, -0.05) is 48.5 Å². The predicted molar refractivity (Wildman–Crippen MR) is 122 cm³/mol. The van der Waals surface area contributed by atoms with Crippen LogP contribution in [-0.4, -0.2) is 45.1 Å². The first-order valence-corrected chi connectivity index (χ1v) is 11.6. The van der Waals surface area contributed by atoms with E-state index in [1.165, 1.54) is 24.1 Å². The van der Waals surface area contributed by atoms with Gasteiger partial charge in [0.05, 0.1) is 10.9 Å². The lowest BCUT2D eigenvalue weighted by atomic mass is 10.1. The third-order valence-electron chi connectivity index (χ3n) is 4.94. The molecule has 3 aromatic rings. The van der Waals surface area contributed by atoms with Crippen LogP contribution >= 0.6 is 0 Å². The van der Waals surface area contributed by atoms with Crippen molar-refractivity contribution in [1.29, 1.82) is 0 Å². The van der Waals surface area contributed by atoms with Crippen LogP contribution in [0.25, 0.3) is 10.8 Å². The predicted octanol–water partition coefficient (Wildman–Crippen LogP) is 3.58. The molecular formula is C23H25N3O4S. The van der Waals surface area contributed by atoms with E-state index < -0.39 is 15.9 Å². The van der Waals surface area contributed by atoms with Crippen molar-refractivity contribution in [2.24, 2.45) is 0 Å². The zero-order valence-electron chi connectivity index (χ0n) is 17.6. The van der Waals surface area contributed by atoms with E-state index in [2.05, 4.69) is 10.6 Å². The maximum absolute atomic E-state index is 12.5. The molecule has 0 spiro atoms. The fraction of sp³-hybridized carbons (Fsp3) is 0.217. The smallest absolute Gasteiger partial charge is 0.318 e. The van der Waals surface area contributed by atoms with E-state index >= 15 is 0 Å². The lowest BCUT2D eigenvalue weighted by molar-refractivity contribution is -0.116. The number of rotatable bonds is 6. The van der Waals surface area contributed by atoms with Crippen LogP contribution < -0.4 is 10.6 Å². The van der Waals surface area contributed by atoms with Crippen LogP contribution in [0.5, 0.6) is 0 Å². The molecule has 3 rings (SSSR count). The molecule has 2 N–H and O–H groups in total. The SMILES string of the molecule is C[C@@H](NC(=O)N(C)CC(=O)Nc1cccc2ccccc12)c1ccc(S(C)(=O)=O)cc1. The van der Waals surface area contributed by atoms with Crippen molar-refractivity contribution in [3.8, 4) is 0 Å². The zero-order chi connectivity index (χ0) is 22.6. The Hall–Kier alpha value is -3.39. The van der Waals surface area contributed by atoms with Crippen LogP contribution in [0.15, 0.2) is 71.6 Å². The monoisotopic (exact) mass is 439 g/mol. The number of nitrogens with one attached hydrogen (secondary N) is 2. The average molecular weight is 440 g/mol. The van der Waals surface area contributed by atoms with Crippen molar-refractivity contribution in [3.05, 3.63) is 72.3 Å². The fourth-order valence-electron chi connectivity index (χ4n) is 3.19. The third-order valence-corrected chi connectivity index (χ3v) is 6.07. The van der Waals surface area contributed by atoms with Crippen molar-refractivity contribution in [1.82, 2.24) is 10.2 Å². The standard InChI is InChI=1S/C23H25N3O4S/c1-16(17-11-13-19(14-12-17)31(3,29)30)24-23(28)26(2)15-22(27)25-21-10-6-8-18-7-4-5-9-20(18)21/h4-14,16H,15H2,1-3H3,(H,24,28)(H,25,27)/t16-/m1/s1. The molecule has 0 saturated carbocycles. The van der Waals surface area contributed by atoms with Crippen LogP contribution in [0.2, 0.25) is 0 Å². The van der Waals surface area contributed by atoms with Crippen molar-refractivity contribution in [3.63, 3.8) is 0 Å². The van der Waals surface area contributed by atoms with E-state index in [0.717, 1.165) is 22.6 Å². The number of benzene rings is 3. The minimum absolute atomic E-state index is 0.116. The Morgan fingerprint density at radius 2 is 1.61 bits per heavy atom. The molecule has 162 valence electrons. The Labute approximate surface area is 182 Å². The Morgan fingerprint density at radius 1 is 0.968 bits per heavy atom. The lowest BCUT2D eigenvalue weighted by Gasteiger charge is -2.21. The Kier molecular flexibility index (Phi) is 6.60. The van der Waals surface area contributed by atoms with Gasteiger partial charge in [-0.15, -0.1) is 0 Å². The fourth-order valence-corrected chi connectivity index (χ4v) is 3.82. The molecule has 0 aliphatic carbocycles. The summed E-state index contributed by atoms with van der Waals surface area (Å²) in [6.45, 7) is 1.67. The first kappa shape index (κ1) is 22.3. The molecule has 31 heavy (non-hydrogen) atoms. The zero-order valence-corrected chi connectivity index (χ0v) is 18.4. The van der Waals surface area contributed by atoms with Gasteiger partial charge in [0.25, 0.3) is 0 Å². The van der Waals surface area contributed by atoms with E-state index in [0.29, 0.717) is 5.69 Å². The van der Waals surface area contributed by atoms with Gasteiger partial charge in [-0.25, -0.2) is 13.2 Å². The number of carbonyl (C=O) groups excluding carboxylic acids is 2. The summed E-state index contributed by atoms with van der Waals surface area (Å²) in [4.78, 5) is 26.5. The van der Waals surface area contributed by atoms with E-state index in [9.17, 15) is 18.0 Å². The van der Waals surface area contributed by atoms with Crippen LogP contribution in [0.4, 0.5) is 10.5 Å². The quantitative estimate of drug-likeness (QED) is 0.614. The van der Waals surface area contributed by atoms with Crippen LogP contribution in [0.1, 0.15) is 18.5 Å². The number of carbonyl (C=O) groups is 2. The van der Waals surface area contributed by atoms with Gasteiger partial charge in [0.1, 0.15) is 6.54 Å². The second-order valence-corrected chi connectivity index (χ2v) is 9.46. The number of fused-ring (bicyclic) bond motifs is 1. The second kappa shape index (κ2) is 9.18. The van der Waals surface area contributed by atoms with Gasteiger partial charge in [-0.3, -0.25) is 4.79 Å². The summed E-state index contributed by atoms with van der Waals surface area (Å²) >= 11 is 0. The first-order valence-electron chi connectivity index (χ1n) is 9.74. The third kappa shape index (κ3) is 5.61. The number of amides is 3. The summed E-state index contributed by atoms with van der Waals surface area (Å²) in [7, 11) is -1.74. The normalized spacial score (nSPS) is 12.2. The maximum Gasteiger partial charge on any atom is 0.318 e. The largest absolute Gasteiger partial charge is 0.331 e. The molecule has 3 amide bonds. The van der Waals surface area contributed by atoms with Gasteiger partial charge in [0, 0.05) is 24.4 Å². The molecule has 7 nitrogen and oxygen atoms in total. The number of likely N-dealkylation sites (N-methyl/N-ethyl adjacent to an activating group) is 1. The lowest BCUT2D eigenvalue weighted by Crippen LogP contribution is -2.42. The first-order chi connectivity index (χ1) is 14.6. The summed E-state index contributed by atoms with van der Waals surface area (Å²) in [6.07, 6.45) is 1.14. The van der Waals surface area contributed by atoms with Crippen molar-refractivity contribution >= 4 is 38.2 Å². The average Bonchev–Trinajstić information content (AvgIpc) is 2.73. The summed E-state index contributed by atoms with van der Waals surface area (Å²) in [5, 5.41) is 7.61. The molecule has 1 atom stereocenters. The summed E-state index contributed by atoms with van der Waals surface area (Å²) < 4.78 is 23.1. The Balaban J connectivity index is 1.59. The number of nitrogens with zero attached hydrogens (tertiary/aromatic N) is 1. The van der Waals surface area contributed by atoms with Gasteiger partial charge >= 0.3 is 6.03 Å². The van der Waals surface area contributed by atoms with E-state index in [1.54, 1.807) is 19.1 Å². The van der Waals surface area contributed by atoms with Crippen molar-refractivity contribution < 1.29 is 18.0 Å². The van der Waals surface area contributed by atoms with E-state index in [4.69, 9.17) is 0 Å². The molecule has 0 aliphatic rings. The number of urea groups is 1. The molecule has 0 aliphatic heterocycles. The van der Waals surface area contributed by atoms with Crippen LogP contribution in [0.3, 0.4) is 0 Å². The molecule has 0 bridgehead atoms. The van der Waals surface area contributed by atoms with Crippen LogP contribution in [0, 0.1) is 0 Å². The van der Waals surface area contributed by atoms with Gasteiger partial charge in [0.15, 0.2) is 9.84 Å². The number of hydrogen-bond donors (Lipinski definition) is 2. The molecule has 0 heterocycles. The molecule has 0 fully saturated rings. The number of sulfone groups is 1. The minimum atomic E-state index is -3.27. The summed E-state index contributed by atoms with van der Waals surface area (Å²) in [6, 6.07) is 19.0. The van der Waals surface area contributed by atoms with Gasteiger partial charge in [-0.2, -0.15) is 0 Å². The molecule has 3 aromatic carbocycles. The molecule has 0 radical (unpaired) electrons. The summed E-state index contributed by atoms with van der Waals surface area (Å²) in [5.41, 5.74) is 1.45. The highest BCUT2D eigenvalue weighted by Gasteiger charge is 2.17.